The van der Waals surface area contributed by atoms with Crippen molar-refractivity contribution in [3.05, 3.63) is 54.1 Å². The second kappa shape index (κ2) is 7.96. The maximum atomic E-state index is 17.2. The molecule has 0 unspecified atom stereocenters. The highest BCUT2D eigenvalue weighted by molar-refractivity contribution is 6.01. The highest BCUT2D eigenvalue weighted by Crippen LogP contribution is 2.70. The van der Waals surface area contributed by atoms with Gasteiger partial charge in [-0.2, -0.15) is 0 Å². The fourth-order valence-corrected chi connectivity index (χ4v) is 7.98. The van der Waals surface area contributed by atoms with Gasteiger partial charge in [0.2, 0.25) is 0 Å². The molecule has 0 heterocycles. The fraction of sp³-hybridized carbons (Fsp3) is 0.556. The van der Waals surface area contributed by atoms with Crippen LogP contribution in [0.1, 0.15) is 33.1 Å². The van der Waals surface area contributed by atoms with Gasteiger partial charge in [0.05, 0.1) is 17.7 Å². The molecule has 9 atom stereocenters. The standard InChI is InChI=1S/C27H31F2NO5/c1-25-13-22(32)27(29)19(12-21(28)20-11-17(31)8-9-26(20,27)2)18(25)10-15(23(25)24(33)34)14-30(35)16-6-4-3-5-7-16/h3-9,11,15,18-19,21-23,32,35H,10,12-14H2,1-2H3,(H,33,34)/t15-,18-,19-,21-,22-,23+,25-,26-,27-/m0/s1. The minimum atomic E-state index is -2.25. The number of anilines is 1. The fourth-order valence-electron chi connectivity index (χ4n) is 7.98. The van der Waals surface area contributed by atoms with Crippen molar-refractivity contribution >= 4 is 17.4 Å². The number of alkyl halides is 2. The number of para-hydroxylation sites is 1. The molecule has 0 saturated heterocycles. The van der Waals surface area contributed by atoms with Crippen molar-refractivity contribution in [3.8, 4) is 0 Å². The number of hydrogen-bond acceptors (Lipinski definition) is 5. The molecule has 0 bridgehead atoms. The Morgan fingerprint density at radius 2 is 1.86 bits per heavy atom. The summed E-state index contributed by atoms with van der Waals surface area (Å²) in [5.41, 5.74) is -4.19. The number of nitrogens with zero attached hydrogens (tertiary/aromatic N) is 1. The summed E-state index contributed by atoms with van der Waals surface area (Å²) in [7, 11) is 0. The molecule has 1 aromatic rings. The molecule has 4 aliphatic carbocycles. The summed E-state index contributed by atoms with van der Waals surface area (Å²) in [6.07, 6.45) is 0.593. The Kier molecular flexibility index (Phi) is 5.49. The van der Waals surface area contributed by atoms with E-state index in [1.54, 1.807) is 37.3 Å². The molecule has 0 amide bonds. The highest BCUT2D eigenvalue weighted by Gasteiger charge is 2.73. The first kappa shape index (κ1) is 24.1. The first-order chi connectivity index (χ1) is 16.4. The third kappa shape index (κ3) is 3.25. The van der Waals surface area contributed by atoms with E-state index < -0.39 is 64.2 Å². The normalized spacial score (nSPS) is 44.2. The zero-order valence-electron chi connectivity index (χ0n) is 19.8. The van der Waals surface area contributed by atoms with E-state index in [9.17, 15) is 25.0 Å². The molecule has 0 radical (unpaired) electrons. The number of hydroxylamine groups is 1. The van der Waals surface area contributed by atoms with Crippen LogP contribution in [-0.2, 0) is 9.59 Å². The number of aliphatic hydroxyl groups excluding tert-OH is 1. The zero-order chi connectivity index (χ0) is 25.3. The lowest BCUT2D eigenvalue weighted by Crippen LogP contribution is -2.68. The van der Waals surface area contributed by atoms with Crippen molar-refractivity contribution in [2.24, 2.45) is 34.5 Å². The molecule has 5 rings (SSSR count). The van der Waals surface area contributed by atoms with Gasteiger partial charge < -0.3 is 10.2 Å². The lowest BCUT2D eigenvalue weighted by Gasteiger charge is -2.62. The smallest absolute Gasteiger partial charge is 0.307 e. The van der Waals surface area contributed by atoms with Crippen LogP contribution in [-0.4, -0.2) is 51.7 Å². The van der Waals surface area contributed by atoms with Crippen molar-refractivity contribution in [1.82, 2.24) is 0 Å². The maximum Gasteiger partial charge on any atom is 0.307 e. The summed E-state index contributed by atoms with van der Waals surface area (Å²) in [6, 6.07) is 8.73. The van der Waals surface area contributed by atoms with Crippen molar-refractivity contribution < 1.29 is 33.8 Å². The van der Waals surface area contributed by atoms with Crippen LogP contribution in [0.3, 0.4) is 0 Å². The van der Waals surface area contributed by atoms with Crippen molar-refractivity contribution in [2.75, 3.05) is 11.6 Å². The molecule has 35 heavy (non-hydrogen) atoms. The van der Waals surface area contributed by atoms with Gasteiger partial charge in [-0.15, -0.1) is 0 Å². The number of benzene rings is 1. The van der Waals surface area contributed by atoms with E-state index in [1.165, 1.54) is 19.1 Å². The third-order valence-electron chi connectivity index (χ3n) is 9.53. The molecule has 3 fully saturated rings. The molecule has 0 spiro atoms. The van der Waals surface area contributed by atoms with E-state index in [1.807, 2.05) is 0 Å². The van der Waals surface area contributed by atoms with Gasteiger partial charge in [-0.1, -0.05) is 31.2 Å². The molecule has 6 nitrogen and oxygen atoms in total. The highest BCUT2D eigenvalue weighted by atomic mass is 19.1. The molecule has 3 N–H and O–H groups in total. The minimum absolute atomic E-state index is 0.0189. The Morgan fingerprint density at radius 1 is 1.17 bits per heavy atom. The second-order valence-electron chi connectivity index (χ2n) is 11.2. The number of ketones is 1. The number of rotatable bonds is 4. The quantitative estimate of drug-likeness (QED) is 0.553. The summed E-state index contributed by atoms with van der Waals surface area (Å²) in [5.74, 6) is -4.42. The molecule has 8 heteroatoms. The Hall–Kier alpha value is -2.58. The summed E-state index contributed by atoms with van der Waals surface area (Å²) >= 11 is 0. The largest absolute Gasteiger partial charge is 0.481 e. The lowest BCUT2D eigenvalue weighted by atomic mass is 9.45. The molecule has 3 saturated carbocycles. The predicted molar refractivity (Wildman–Crippen MR) is 124 cm³/mol. The molecular weight excluding hydrogens is 456 g/mol. The van der Waals surface area contributed by atoms with Crippen molar-refractivity contribution in [1.29, 1.82) is 0 Å². The predicted octanol–water partition coefficient (Wildman–Crippen LogP) is 4.13. The first-order valence-corrected chi connectivity index (χ1v) is 12.1. The van der Waals surface area contributed by atoms with Crippen LogP contribution in [0.4, 0.5) is 14.5 Å². The maximum absolute atomic E-state index is 17.2. The average molecular weight is 488 g/mol. The van der Waals surface area contributed by atoms with E-state index in [-0.39, 0.29) is 31.4 Å². The number of aliphatic hydroxyl groups is 1. The topological polar surface area (TPSA) is 98.1 Å². The summed E-state index contributed by atoms with van der Waals surface area (Å²) in [5, 5.41) is 33.2. The Morgan fingerprint density at radius 3 is 2.51 bits per heavy atom. The molecular formula is C27H31F2NO5. The van der Waals surface area contributed by atoms with Gasteiger partial charge in [-0.05, 0) is 73.3 Å². The van der Waals surface area contributed by atoms with E-state index in [0.29, 0.717) is 5.69 Å². The second-order valence-corrected chi connectivity index (χ2v) is 11.2. The number of carbonyl (C=O) groups is 2. The minimum Gasteiger partial charge on any atom is -0.481 e. The van der Waals surface area contributed by atoms with Crippen LogP contribution in [0, 0.1) is 34.5 Å². The Labute approximate surface area is 202 Å². The monoisotopic (exact) mass is 487 g/mol. The van der Waals surface area contributed by atoms with Gasteiger partial charge in [0, 0.05) is 17.9 Å². The van der Waals surface area contributed by atoms with E-state index in [2.05, 4.69) is 0 Å². The summed E-state index contributed by atoms with van der Waals surface area (Å²) in [6.45, 7) is 3.30. The van der Waals surface area contributed by atoms with Crippen LogP contribution in [0.25, 0.3) is 0 Å². The van der Waals surface area contributed by atoms with Crippen molar-refractivity contribution in [3.63, 3.8) is 0 Å². The van der Waals surface area contributed by atoms with Gasteiger partial charge in [0.25, 0.3) is 0 Å². The van der Waals surface area contributed by atoms with E-state index >= 15 is 8.78 Å². The van der Waals surface area contributed by atoms with Crippen LogP contribution >= 0.6 is 0 Å². The number of carbonyl (C=O) groups excluding carboxylic acids is 1. The molecule has 4 aliphatic rings. The number of carboxylic acids is 1. The van der Waals surface area contributed by atoms with Gasteiger partial charge in [-0.25, -0.2) is 8.78 Å². The molecule has 188 valence electrons. The van der Waals surface area contributed by atoms with E-state index in [0.717, 1.165) is 11.1 Å². The number of fused-ring (bicyclic) bond motifs is 5. The van der Waals surface area contributed by atoms with Gasteiger partial charge in [-0.3, -0.25) is 19.9 Å². The molecule has 1 aromatic carbocycles. The zero-order valence-corrected chi connectivity index (χ0v) is 19.8. The Balaban J connectivity index is 1.54. The number of aliphatic carboxylic acids is 1. The number of allylic oxidation sites excluding steroid dienone is 4. The van der Waals surface area contributed by atoms with Gasteiger partial charge >= 0.3 is 5.97 Å². The van der Waals surface area contributed by atoms with Crippen LogP contribution in [0.2, 0.25) is 0 Å². The number of carboxylic acid groups (broad SMARTS) is 1. The van der Waals surface area contributed by atoms with Crippen LogP contribution in [0.5, 0.6) is 0 Å². The van der Waals surface area contributed by atoms with Crippen molar-refractivity contribution in [2.45, 2.75) is 51.1 Å². The average Bonchev–Trinajstić information content (AvgIpc) is 3.09. The van der Waals surface area contributed by atoms with Crippen LogP contribution < -0.4 is 5.06 Å². The lowest BCUT2D eigenvalue weighted by molar-refractivity contribution is -0.204. The Bertz CT molecular complexity index is 1110. The number of halogens is 2. The third-order valence-corrected chi connectivity index (χ3v) is 9.53. The molecule has 0 aliphatic heterocycles. The van der Waals surface area contributed by atoms with Crippen LogP contribution in [0.15, 0.2) is 54.1 Å². The van der Waals surface area contributed by atoms with Gasteiger partial charge in [0.15, 0.2) is 11.5 Å². The number of hydrogen-bond donors (Lipinski definition) is 3. The molecule has 0 aromatic heterocycles. The summed E-state index contributed by atoms with van der Waals surface area (Å²) < 4.78 is 32.7. The first-order valence-electron chi connectivity index (χ1n) is 12.1. The summed E-state index contributed by atoms with van der Waals surface area (Å²) in [4.78, 5) is 24.5. The van der Waals surface area contributed by atoms with E-state index in [4.69, 9.17) is 0 Å². The van der Waals surface area contributed by atoms with Gasteiger partial charge in [0.1, 0.15) is 6.17 Å². The SMILES string of the molecule is C[C@]12C[C@H](O)[C@@]3(F)[C@@H](C[C@H](F)C4=CC(=O)C=C[C@@]43C)[C@@H]1C[C@@H](CN(O)c1ccccc1)[C@@H]2C(=O)O.